The van der Waals surface area contributed by atoms with Gasteiger partial charge in [0, 0.05) is 5.56 Å². The van der Waals surface area contributed by atoms with Gasteiger partial charge < -0.3 is 9.94 Å². The predicted molar refractivity (Wildman–Crippen MR) is 47.5 cm³/mol. The van der Waals surface area contributed by atoms with Crippen LogP contribution >= 0.6 is 0 Å². The number of oxime groups is 1. The van der Waals surface area contributed by atoms with Gasteiger partial charge in [0.2, 0.25) is 6.61 Å². The van der Waals surface area contributed by atoms with Crippen molar-refractivity contribution in [3.8, 4) is 0 Å². The molecule has 0 saturated heterocycles. The quantitative estimate of drug-likeness (QED) is 0.610. The van der Waals surface area contributed by atoms with Crippen LogP contribution in [-0.2, 0) is 9.63 Å². The molecule has 0 radical (unpaired) electrons. The molecule has 1 aromatic rings. The lowest BCUT2D eigenvalue weighted by atomic mass is 10.2. The molecular formula is C9H7F2NO3. The fourth-order valence-corrected chi connectivity index (χ4v) is 0.807. The van der Waals surface area contributed by atoms with Gasteiger partial charge >= 0.3 is 5.97 Å². The van der Waals surface area contributed by atoms with Gasteiger partial charge in [-0.1, -0.05) is 17.3 Å². The molecule has 15 heavy (non-hydrogen) atoms. The maximum Gasteiger partial charge on any atom is 0.344 e. The number of hydrogen-bond acceptors (Lipinski definition) is 3. The van der Waals surface area contributed by atoms with Gasteiger partial charge in [0.1, 0.15) is 0 Å². The molecule has 4 nitrogen and oxygen atoms in total. The lowest BCUT2D eigenvalue weighted by Gasteiger charge is -1.96. The molecule has 1 rings (SSSR count). The van der Waals surface area contributed by atoms with E-state index in [1.165, 1.54) is 12.1 Å². The summed E-state index contributed by atoms with van der Waals surface area (Å²) in [6, 6.07) is 3.55. The minimum absolute atomic E-state index is 0.111. The van der Waals surface area contributed by atoms with E-state index in [2.05, 4.69) is 9.99 Å². The summed E-state index contributed by atoms with van der Waals surface area (Å²) in [7, 11) is 0. The van der Waals surface area contributed by atoms with Crippen molar-refractivity contribution in [2.45, 2.75) is 0 Å². The van der Waals surface area contributed by atoms with Crippen molar-refractivity contribution in [3.63, 3.8) is 0 Å². The third-order valence-corrected chi connectivity index (χ3v) is 1.44. The topological polar surface area (TPSA) is 58.9 Å². The number of nitrogens with zero attached hydrogens (tertiary/aromatic N) is 1. The Hall–Kier alpha value is -1.98. The van der Waals surface area contributed by atoms with Crippen LogP contribution in [0.1, 0.15) is 5.56 Å². The van der Waals surface area contributed by atoms with E-state index in [9.17, 15) is 13.6 Å². The van der Waals surface area contributed by atoms with Crippen LogP contribution in [0.3, 0.4) is 0 Å². The highest BCUT2D eigenvalue weighted by Crippen LogP contribution is 2.08. The first-order chi connectivity index (χ1) is 7.11. The highest BCUT2D eigenvalue weighted by molar-refractivity contribution is 5.79. The second-order valence-corrected chi connectivity index (χ2v) is 2.54. The summed E-state index contributed by atoms with van der Waals surface area (Å²) in [6.07, 6.45) is 0.904. The summed E-state index contributed by atoms with van der Waals surface area (Å²) in [5, 5.41) is 11.3. The third-order valence-electron chi connectivity index (χ3n) is 1.44. The van der Waals surface area contributed by atoms with Crippen LogP contribution in [0.5, 0.6) is 0 Å². The van der Waals surface area contributed by atoms with Crippen LogP contribution < -0.4 is 0 Å². The van der Waals surface area contributed by atoms with Crippen LogP contribution in [0.4, 0.5) is 8.78 Å². The number of benzene rings is 1. The number of carbonyl (C=O) groups is 1. The SMILES string of the molecule is O=C(O)CON=Cc1cccc(F)c1F. The van der Waals surface area contributed by atoms with Gasteiger partial charge in [-0.25, -0.2) is 13.6 Å². The van der Waals surface area contributed by atoms with Crippen LogP contribution in [0.25, 0.3) is 0 Å². The monoisotopic (exact) mass is 215 g/mol. The standard InChI is InChI=1S/C9H7F2NO3/c10-7-3-1-2-6(9(7)11)4-12-15-5-8(13)14/h1-4H,5H2,(H,13,14). The number of hydrogen-bond donors (Lipinski definition) is 1. The molecule has 0 atom stereocenters. The van der Waals surface area contributed by atoms with Crippen LogP contribution in [0.15, 0.2) is 23.4 Å². The fraction of sp³-hybridized carbons (Fsp3) is 0.111. The number of aliphatic carboxylic acids is 1. The van der Waals surface area contributed by atoms with Gasteiger partial charge in [-0.2, -0.15) is 0 Å². The van der Waals surface area contributed by atoms with E-state index in [0.717, 1.165) is 12.3 Å². The van der Waals surface area contributed by atoms with Crippen LogP contribution in [0.2, 0.25) is 0 Å². The average Bonchev–Trinajstić information content (AvgIpc) is 2.18. The smallest absolute Gasteiger partial charge is 0.344 e. The van der Waals surface area contributed by atoms with E-state index in [1.807, 2.05) is 0 Å². The average molecular weight is 215 g/mol. The van der Waals surface area contributed by atoms with Gasteiger partial charge in [-0.15, -0.1) is 0 Å². The summed E-state index contributed by atoms with van der Waals surface area (Å²) in [4.78, 5) is 14.3. The van der Waals surface area contributed by atoms with Gasteiger partial charge in [-0.3, -0.25) is 0 Å². The number of halogens is 2. The Labute approximate surface area is 83.8 Å². The molecule has 1 aromatic carbocycles. The second kappa shape index (κ2) is 5.04. The largest absolute Gasteiger partial charge is 0.479 e. The minimum Gasteiger partial charge on any atom is -0.479 e. The highest BCUT2D eigenvalue weighted by Gasteiger charge is 2.04. The van der Waals surface area contributed by atoms with E-state index < -0.39 is 24.2 Å². The number of rotatable bonds is 4. The zero-order valence-corrected chi connectivity index (χ0v) is 7.48. The van der Waals surface area contributed by atoms with E-state index in [-0.39, 0.29) is 5.56 Å². The Balaban J connectivity index is 2.64. The Bertz CT molecular complexity index is 393. The summed E-state index contributed by atoms with van der Waals surface area (Å²) < 4.78 is 25.6. The van der Waals surface area contributed by atoms with Crippen LogP contribution in [-0.4, -0.2) is 23.9 Å². The molecule has 0 heterocycles. The van der Waals surface area contributed by atoms with Gasteiger partial charge in [0.25, 0.3) is 0 Å². The molecule has 0 aromatic heterocycles. The fourth-order valence-electron chi connectivity index (χ4n) is 0.807. The molecule has 0 spiro atoms. The summed E-state index contributed by atoms with van der Waals surface area (Å²) >= 11 is 0. The van der Waals surface area contributed by atoms with Crippen molar-refractivity contribution in [1.82, 2.24) is 0 Å². The number of carboxylic acid groups (broad SMARTS) is 1. The lowest BCUT2D eigenvalue weighted by Crippen LogP contribution is -2.03. The molecule has 0 fully saturated rings. The highest BCUT2D eigenvalue weighted by atomic mass is 19.2. The van der Waals surface area contributed by atoms with Crippen molar-refractivity contribution in [2.75, 3.05) is 6.61 Å². The second-order valence-electron chi connectivity index (χ2n) is 2.54. The van der Waals surface area contributed by atoms with E-state index >= 15 is 0 Å². The van der Waals surface area contributed by atoms with Crippen molar-refractivity contribution < 1.29 is 23.5 Å². The van der Waals surface area contributed by atoms with Crippen molar-refractivity contribution in [1.29, 1.82) is 0 Å². The summed E-state index contributed by atoms with van der Waals surface area (Å²) in [5.74, 6) is -3.26. The predicted octanol–water partition coefficient (Wildman–Crippen LogP) is 1.40. The van der Waals surface area contributed by atoms with E-state index in [0.29, 0.717) is 0 Å². The summed E-state index contributed by atoms with van der Waals surface area (Å²) in [5.41, 5.74) is -0.111. The molecule has 1 N–H and O–H groups in total. The lowest BCUT2D eigenvalue weighted by molar-refractivity contribution is -0.142. The first-order valence-corrected chi connectivity index (χ1v) is 3.92. The Morgan fingerprint density at radius 3 is 2.93 bits per heavy atom. The van der Waals surface area contributed by atoms with Crippen molar-refractivity contribution >= 4 is 12.2 Å². The molecule has 0 unspecified atom stereocenters. The van der Waals surface area contributed by atoms with Crippen LogP contribution in [0, 0.1) is 11.6 Å². The molecule has 80 valence electrons. The molecule has 6 heteroatoms. The van der Waals surface area contributed by atoms with Gasteiger partial charge in [-0.05, 0) is 6.07 Å². The molecule has 0 aliphatic heterocycles. The third kappa shape index (κ3) is 3.34. The zero-order valence-electron chi connectivity index (χ0n) is 7.48. The van der Waals surface area contributed by atoms with E-state index in [4.69, 9.17) is 5.11 Å². The maximum atomic E-state index is 12.9. The molecule has 0 amide bonds. The Morgan fingerprint density at radius 2 is 2.27 bits per heavy atom. The van der Waals surface area contributed by atoms with Crippen molar-refractivity contribution in [3.05, 3.63) is 35.4 Å². The molecule has 0 bridgehead atoms. The first kappa shape index (κ1) is 11.1. The first-order valence-electron chi connectivity index (χ1n) is 3.92. The number of carboxylic acids is 1. The van der Waals surface area contributed by atoms with Gasteiger partial charge in [0.05, 0.1) is 6.21 Å². The Kier molecular flexibility index (Phi) is 3.73. The van der Waals surface area contributed by atoms with Gasteiger partial charge in [0.15, 0.2) is 11.6 Å². The zero-order chi connectivity index (χ0) is 11.3. The molecule has 0 aliphatic carbocycles. The summed E-state index contributed by atoms with van der Waals surface area (Å²) in [6.45, 7) is -0.632. The molecular weight excluding hydrogens is 208 g/mol. The van der Waals surface area contributed by atoms with E-state index in [1.54, 1.807) is 0 Å². The molecule has 0 saturated carbocycles. The minimum atomic E-state index is -1.20. The Morgan fingerprint density at radius 1 is 1.53 bits per heavy atom. The van der Waals surface area contributed by atoms with Crippen molar-refractivity contribution in [2.24, 2.45) is 5.16 Å². The molecule has 0 aliphatic rings. The normalized spacial score (nSPS) is 10.5. The maximum absolute atomic E-state index is 12.9.